The van der Waals surface area contributed by atoms with Crippen LogP contribution >= 0.6 is 15.9 Å². The molecule has 1 amide bonds. The zero-order valence-electron chi connectivity index (χ0n) is 17.9. The standard InChI is InChI=1S/C24H29BrN4O2/c1-2-12-28-21-8-3-4-9-22(21)29(24(28)31)14-11-23(30)26-16-18-10-13-27(17-18)20-7-5-6-19(25)15-20/h3-9,15,18H,2,10-14,16-17H2,1H3,(H,26,30). The number of anilines is 1. The van der Waals surface area contributed by atoms with Crippen molar-refractivity contribution in [3.63, 3.8) is 0 Å². The van der Waals surface area contributed by atoms with E-state index in [9.17, 15) is 9.59 Å². The molecule has 1 saturated heterocycles. The number of hydrogen-bond acceptors (Lipinski definition) is 3. The SMILES string of the molecule is CCCn1c(=O)n(CCC(=O)NCC2CCN(c3cccc(Br)c3)C2)c2ccccc21. The van der Waals surface area contributed by atoms with Gasteiger partial charge in [0.15, 0.2) is 0 Å². The van der Waals surface area contributed by atoms with E-state index in [1.165, 1.54) is 5.69 Å². The molecule has 2 aromatic carbocycles. The van der Waals surface area contributed by atoms with Gasteiger partial charge in [-0.05, 0) is 49.1 Å². The van der Waals surface area contributed by atoms with Gasteiger partial charge < -0.3 is 10.2 Å². The molecule has 0 spiro atoms. The van der Waals surface area contributed by atoms with Crippen LogP contribution in [-0.4, -0.2) is 34.7 Å². The van der Waals surface area contributed by atoms with Crippen molar-refractivity contribution in [3.8, 4) is 0 Å². The molecular formula is C24H29BrN4O2. The smallest absolute Gasteiger partial charge is 0.329 e. The van der Waals surface area contributed by atoms with Gasteiger partial charge in [0, 0.05) is 49.3 Å². The first-order valence-electron chi connectivity index (χ1n) is 11.0. The Balaban J connectivity index is 1.31. The minimum Gasteiger partial charge on any atom is -0.371 e. The first-order chi connectivity index (χ1) is 15.1. The lowest BCUT2D eigenvalue weighted by atomic mass is 10.1. The summed E-state index contributed by atoms with van der Waals surface area (Å²) in [4.78, 5) is 27.7. The number of para-hydroxylation sites is 2. The minimum absolute atomic E-state index is 0.000119. The normalized spacial score (nSPS) is 16.2. The number of fused-ring (bicyclic) bond motifs is 1. The maximum atomic E-state index is 12.8. The van der Waals surface area contributed by atoms with E-state index in [1.807, 2.05) is 41.0 Å². The van der Waals surface area contributed by atoms with Crippen LogP contribution in [0.4, 0.5) is 5.69 Å². The van der Waals surface area contributed by atoms with Crippen LogP contribution in [0.2, 0.25) is 0 Å². The number of carbonyl (C=O) groups excluding carboxylic acids is 1. The average molecular weight is 485 g/mol. The van der Waals surface area contributed by atoms with Crippen molar-refractivity contribution in [2.45, 2.75) is 39.3 Å². The highest BCUT2D eigenvalue weighted by atomic mass is 79.9. The number of nitrogens with one attached hydrogen (secondary N) is 1. The largest absolute Gasteiger partial charge is 0.371 e. The van der Waals surface area contributed by atoms with Gasteiger partial charge >= 0.3 is 5.69 Å². The maximum Gasteiger partial charge on any atom is 0.329 e. The van der Waals surface area contributed by atoms with Gasteiger partial charge in [0.2, 0.25) is 5.91 Å². The van der Waals surface area contributed by atoms with E-state index in [4.69, 9.17) is 0 Å². The molecule has 0 bridgehead atoms. The molecule has 4 rings (SSSR count). The van der Waals surface area contributed by atoms with Crippen molar-refractivity contribution in [3.05, 3.63) is 63.5 Å². The summed E-state index contributed by atoms with van der Waals surface area (Å²) in [5.41, 5.74) is 3.02. The summed E-state index contributed by atoms with van der Waals surface area (Å²) in [7, 11) is 0. The monoisotopic (exact) mass is 484 g/mol. The van der Waals surface area contributed by atoms with E-state index >= 15 is 0 Å². The van der Waals surface area contributed by atoms with Gasteiger partial charge in [-0.25, -0.2) is 4.79 Å². The molecule has 1 aromatic heterocycles. The molecule has 1 aliphatic heterocycles. The van der Waals surface area contributed by atoms with E-state index in [2.05, 4.69) is 45.2 Å². The molecule has 1 aliphatic rings. The van der Waals surface area contributed by atoms with Crippen molar-refractivity contribution in [1.82, 2.24) is 14.5 Å². The Hall–Kier alpha value is -2.54. The zero-order chi connectivity index (χ0) is 21.8. The van der Waals surface area contributed by atoms with Gasteiger partial charge in [-0.15, -0.1) is 0 Å². The highest BCUT2D eigenvalue weighted by Crippen LogP contribution is 2.26. The molecule has 7 heteroatoms. The summed E-state index contributed by atoms with van der Waals surface area (Å²) >= 11 is 3.53. The highest BCUT2D eigenvalue weighted by molar-refractivity contribution is 9.10. The van der Waals surface area contributed by atoms with Crippen LogP contribution in [0.5, 0.6) is 0 Å². The molecule has 3 aromatic rings. The Morgan fingerprint density at radius 3 is 2.55 bits per heavy atom. The minimum atomic E-state index is -0.0312. The first-order valence-corrected chi connectivity index (χ1v) is 11.8. The highest BCUT2D eigenvalue weighted by Gasteiger charge is 2.23. The van der Waals surface area contributed by atoms with Crippen molar-refractivity contribution in [2.75, 3.05) is 24.5 Å². The van der Waals surface area contributed by atoms with Crippen LogP contribution in [0, 0.1) is 5.92 Å². The third kappa shape index (κ3) is 4.87. The van der Waals surface area contributed by atoms with Crippen LogP contribution in [0.25, 0.3) is 11.0 Å². The van der Waals surface area contributed by atoms with E-state index in [0.29, 0.717) is 32.0 Å². The van der Waals surface area contributed by atoms with Gasteiger partial charge in [-0.3, -0.25) is 13.9 Å². The number of hydrogen-bond donors (Lipinski definition) is 1. The number of imidazole rings is 1. The van der Waals surface area contributed by atoms with Crippen molar-refractivity contribution in [1.29, 1.82) is 0 Å². The molecule has 1 atom stereocenters. The van der Waals surface area contributed by atoms with Crippen LogP contribution in [-0.2, 0) is 17.9 Å². The molecule has 0 saturated carbocycles. The molecule has 164 valence electrons. The molecule has 0 aliphatic carbocycles. The van der Waals surface area contributed by atoms with Gasteiger partial charge in [0.05, 0.1) is 11.0 Å². The molecular weight excluding hydrogens is 456 g/mol. The second kappa shape index (κ2) is 9.73. The Kier molecular flexibility index (Phi) is 6.80. The lowest BCUT2D eigenvalue weighted by Crippen LogP contribution is -2.32. The fourth-order valence-corrected chi connectivity index (χ4v) is 4.78. The van der Waals surface area contributed by atoms with Crippen molar-refractivity contribution < 1.29 is 4.79 Å². The Morgan fingerprint density at radius 2 is 1.84 bits per heavy atom. The Morgan fingerprint density at radius 1 is 1.10 bits per heavy atom. The molecule has 1 N–H and O–H groups in total. The Bertz CT molecular complexity index is 1120. The van der Waals surface area contributed by atoms with Crippen LogP contribution in [0.15, 0.2) is 57.8 Å². The number of aryl methyl sites for hydroxylation is 2. The van der Waals surface area contributed by atoms with Crippen LogP contribution < -0.4 is 15.9 Å². The number of carbonyl (C=O) groups is 1. The quantitative estimate of drug-likeness (QED) is 0.525. The summed E-state index contributed by atoms with van der Waals surface area (Å²) in [5, 5.41) is 3.08. The topological polar surface area (TPSA) is 59.3 Å². The number of aromatic nitrogens is 2. The van der Waals surface area contributed by atoms with Gasteiger partial charge in [0.1, 0.15) is 0 Å². The molecule has 0 radical (unpaired) electrons. The van der Waals surface area contributed by atoms with E-state index < -0.39 is 0 Å². The number of halogens is 1. The third-order valence-electron chi connectivity index (χ3n) is 5.98. The predicted octanol–water partition coefficient (Wildman–Crippen LogP) is 4.01. The third-order valence-corrected chi connectivity index (χ3v) is 6.48. The maximum absolute atomic E-state index is 12.8. The average Bonchev–Trinajstić information content (AvgIpc) is 3.35. The summed E-state index contributed by atoms with van der Waals surface area (Å²) < 4.78 is 4.62. The zero-order valence-corrected chi connectivity index (χ0v) is 19.5. The van der Waals surface area contributed by atoms with Gasteiger partial charge in [0.25, 0.3) is 0 Å². The second-order valence-corrected chi connectivity index (χ2v) is 9.12. The van der Waals surface area contributed by atoms with E-state index in [1.54, 1.807) is 4.57 Å². The molecule has 31 heavy (non-hydrogen) atoms. The lowest BCUT2D eigenvalue weighted by Gasteiger charge is -2.19. The molecule has 1 unspecified atom stereocenters. The second-order valence-electron chi connectivity index (χ2n) is 8.21. The fourth-order valence-electron chi connectivity index (χ4n) is 4.39. The van der Waals surface area contributed by atoms with Gasteiger partial charge in [-0.1, -0.05) is 41.1 Å². The molecule has 6 nitrogen and oxygen atoms in total. The fraction of sp³-hybridized carbons (Fsp3) is 0.417. The summed E-state index contributed by atoms with van der Waals surface area (Å²) in [6.45, 7) is 5.78. The van der Waals surface area contributed by atoms with E-state index in [-0.39, 0.29) is 11.6 Å². The molecule has 2 heterocycles. The summed E-state index contributed by atoms with van der Waals surface area (Å²) in [5.74, 6) is 0.442. The van der Waals surface area contributed by atoms with Crippen molar-refractivity contribution in [2.24, 2.45) is 5.92 Å². The lowest BCUT2D eigenvalue weighted by molar-refractivity contribution is -0.121. The summed E-state index contributed by atoms with van der Waals surface area (Å²) in [6.07, 6.45) is 2.27. The van der Waals surface area contributed by atoms with E-state index in [0.717, 1.165) is 41.4 Å². The number of amides is 1. The number of nitrogens with zero attached hydrogens (tertiary/aromatic N) is 3. The first kappa shape index (κ1) is 21.7. The van der Waals surface area contributed by atoms with Crippen LogP contribution in [0.3, 0.4) is 0 Å². The van der Waals surface area contributed by atoms with Crippen molar-refractivity contribution >= 4 is 38.6 Å². The predicted molar refractivity (Wildman–Crippen MR) is 129 cm³/mol. The number of benzene rings is 2. The van der Waals surface area contributed by atoms with Crippen LogP contribution in [0.1, 0.15) is 26.2 Å². The summed E-state index contributed by atoms with van der Waals surface area (Å²) in [6, 6.07) is 16.1. The number of rotatable bonds is 8. The molecule has 1 fully saturated rings. The Labute approximate surface area is 191 Å². The van der Waals surface area contributed by atoms with Gasteiger partial charge in [-0.2, -0.15) is 0 Å².